The summed E-state index contributed by atoms with van der Waals surface area (Å²) in [6.45, 7) is 4.61. The fourth-order valence-corrected chi connectivity index (χ4v) is 2.58. The summed E-state index contributed by atoms with van der Waals surface area (Å²) < 4.78 is 16.1. The van der Waals surface area contributed by atoms with E-state index in [2.05, 4.69) is 17.4 Å². The Hall–Kier alpha value is -2.69. The van der Waals surface area contributed by atoms with Crippen molar-refractivity contribution in [2.45, 2.75) is 32.8 Å². The van der Waals surface area contributed by atoms with Crippen LogP contribution in [-0.2, 0) is 6.42 Å². The van der Waals surface area contributed by atoms with Crippen LogP contribution < -0.4 is 19.5 Å². The first-order valence-corrected chi connectivity index (χ1v) is 8.78. The summed E-state index contributed by atoms with van der Waals surface area (Å²) in [5.41, 5.74) is 1.72. The lowest BCUT2D eigenvalue weighted by Gasteiger charge is -2.11. The number of amides is 1. The van der Waals surface area contributed by atoms with Crippen molar-refractivity contribution in [3.63, 3.8) is 0 Å². The highest BCUT2D eigenvalue weighted by Crippen LogP contribution is 2.22. The van der Waals surface area contributed by atoms with Gasteiger partial charge in [-0.15, -0.1) is 0 Å². The highest BCUT2D eigenvalue weighted by Gasteiger charge is 2.09. The highest BCUT2D eigenvalue weighted by molar-refractivity contribution is 5.95. The first kappa shape index (κ1) is 19.6. The number of nitrogens with one attached hydrogen (secondary N) is 1. The molecule has 0 aromatic heterocycles. The molecule has 0 atom stereocenters. The van der Waals surface area contributed by atoms with Crippen molar-refractivity contribution < 1.29 is 19.0 Å². The number of methoxy groups -OCH3 is 2. The van der Waals surface area contributed by atoms with Crippen molar-refractivity contribution in [3.05, 3.63) is 53.6 Å². The summed E-state index contributed by atoms with van der Waals surface area (Å²) in [6, 6.07) is 13.2. The molecule has 0 spiro atoms. The van der Waals surface area contributed by atoms with Crippen molar-refractivity contribution in [2.24, 2.45) is 0 Å². The fraction of sp³-hybridized carbons (Fsp3) is 0.381. The largest absolute Gasteiger partial charge is 0.497 e. The molecule has 0 unspecified atom stereocenters. The zero-order valence-corrected chi connectivity index (χ0v) is 15.9. The molecule has 0 bridgehead atoms. The van der Waals surface area contributed by atoms with Gasteiger partial charge in [0.25, 0.3) is 5.91 Å². The molecule has 2 aromatic rings. The van der Waals surface area contributed by atoms with Crippen LogP contribution in [0.1, 0.15) is 36.2 Å². The van der Waals surface area contributed by atoms with Gasteiger partial charge in [0, 0.05) is 18.2 Å². The van der Waals surface area contributed by atoms with E-state index in [-0.39, 0.29) is 12.0 Å². The summed E-state index contributed by atoms with van der Waals surface area (Å²) >= 11 is 0. The maximum absolute atomic E-state index is 12.3. The molecule has 0 aliphatic heterocycles. The third kappa shape index (κ3) is 5.99. The Morgan fingerprint density at radius 2 is 1.69 bits per heavy atom. The monoisotopic (exact) mass is 357 g/mol. The summed E-state index contributed by atoms with van der Waals surface area (Å²) in [5.74, 6) is 1.93. The van der Waals surface area contributed by atoms with Gasteiger partial charge < -0.3 is 19.5 Å². The Kier molecular flexibility index (Phi) is 7.33. The van der Waals surface area contributed by atoms with Crippen LogP contribution in [0.2, 0.25) is 0 Å². The minimum atomic E-state index is -0.140. The van der Waals surface area contributed by atoms with E-state index in [4.69, 9.17) is 14.2 Å². The Bertz CT molecular complexity index is 705. The van der Waals surface area contributed by atoms with Crippen molar-refractivity contribution >= 4 is 5.91 Å². The average molecular weight is 357 g/mol. The number of aryl methyl sites for hydroxylation is 1. The van der Waals surface area contributed by atoms with Gasteiger partial charge in [0.1, 0.15) is 17.2 Å². The maximum Gasteiger partial charge on any atom is 0.251 e. The highest BCUT2D eigenvalue weighted by atomic mass is 16.5. The molecule has 140 valence electrons. The first-order chi connectivity index (χ1) is 12.5. The van der Waals surface area contributed by atoms with E-state index >= 15 is 0 Å². The number of hydrogen-bond acceptors (Lipinski definition) is 4. The molecule has 0 heterocycles. The molecule has 0 radical (unpaired) electrons. The molecular weight excluding hydrogens is 330 g/mol. The number of ether oxygens (including phenoxy) is 3. The molecule has 2 aromatic carbocycles. The molecule has 26 heavy (non-hydrogen) atoms. The molecule has 0 aliphatic rings. The van der Waals surface area contributed by atoms with E-state index in [1.54, 1.807) is 32.4 Å². The Balaban J connectivity index is 1.85. The molecule has 1 amide bonds. The normalized spacial score (nSPS) is 10.5. The number of carbonyl (C=O) groups is 1. The Morgan fingerprint density at radius 1 is 1.00 bits per heavy atom. The first-order valence-electron chi connectivity index (χ1n) is 8.78. The predicted octanol–water partition coefficient (Wildman–Crippen LogP) is 3.85. The van der Waals surface area contributed by atoms with Gasteiger partial charge in [-0.3, -0.25) is 4.79 Å². The van der Waals surface area contributed by atoms with Gasteiger partial charge in [-0.2, -0.15) is 0 Å². The lowest BCUT2D eigenvalue weighted by Crippen LogP contribution is -2.24. The summed E-state index contributed by atoms with van der Waals surface area (Å²) in [4.78, 5) is 12.3. The molecule has 0 aliphatic carbocycles. The van der Waals surface area contributed by atoms with E-state index in [9.17, 15) is 4.79 Å². The van der Waals surface area contributed by atoms with Crippen molar-refractivity contribution in [1.29, 1.82) is 0 Å². The van der Waals surface area contributed by atoms with Crippen LogP contribution in [0.25, 0.3) is 0 Å². The third-order valence-corrected chi connectivity index (χ3v) is 3.81. The van der Waals surface area contributed by atoms with Gasteiger partial charge in [0.05, 0.1) is 20.3 Å². The van der Waals surface area contributed by atoms with Crippen molar-refractivity contribution in [2.75, 3.05) is 20.8 Å². The summed E-state index contributed by atoms with van der Waals surface area (Å²) in [5, 5.41) is 2.94. The van der Waals surface area contributed by atoms with Gasteiger partial charge in [0.2, 0.25) is 0 Å². The quantitative estimate of drug-likeness (QED) is 0.693. The van der Waals surface area contributed by atoms with Crippen LogP contribution in [0.4, 0.5) is 0 Å². The average Bonchev–Trinajstić information content (AvgIpc) is 2.64. The predicted molar refractivity (Wildman–Crippen MR) is 102 cm³/mol. The fourth-order valence-electron chi connectivity index (χ4n) is 2.58. The lowest BCUT2D eigenvalue weighted by atomic mass is 10.1. The number of carbonyl (C=O) groups excluding carboxylic acids is 1. The van der Waals surface area contributed by atoms with Crippen LogP contribution in [0, 0.1) is 0 Å². The van der Waals surface area contributed by atoms with Gasteiger partial charge in [0.15, 0.2) is 0 Å². The minimum Gasteiger partial charge on any atom is -0.497 e. The zero-order valence-electron chi connectivity index (χ0n) is 15.9. The molecule has 2 rings (SSSR count). The smallest absolute Gasteiger partial charge is 0.251 e. The van der Waals surface area contributed by atoms with Crippen LogP contribution >= 0.6 is 0 Å². The van der Waals surface area contributed by atoms with Gasteiger partial charge in [-0.1, -0.05) is 12.1 Å². The molecule has 0 saturated heterocycles. The molecule has 5 nitrogen and oxygen atoms in total. The van der Waals surface area contributed by atoms with E-state index < -0.39 is 0 Å². The molecule has 1 N–H and O–H groups in total. The van der Waals surface area contributed by atoms with E-state index in [0.29, 0.717) is 23.6 Å². The molecular formula is C21H27NO4. The van der Waals surface area contributed by atoms with Crippen LogP contribution in [0.3, 0.4) is 0 Å². The van der Waals surface area contributed by atoms with Crippen LogP contribution in [-0.4, -0.2) is 32.8 Å². The summed E-state index contributed by atoms with van der Waals surface area (Å²) in [6.07, 6.45) is 1.87. The summed E-state index contributed by atoms with van der Waals surface area (Å²) in [7, 11) is 3.13. The topological polar surface area (TPSA) is 56.8 Å². The molecule has 0 saturated carbocycles. The van der Waals surface area contributed by atoms with E-state index in [0.717, 1.165) is 18.6 Å². The second-order valence-corrected chi connectivity index (χ2v) is 6.27. The van der Waals surface area contributed by atoms with Crippen molar-refractivity contribution in [1.82, 2.24) is 5.32 Å². The lowest BCUT2D eigenvalue weighted by molar-refractivity contribution is 0.0952. The van der Waals surface area contributed by atoms with Gasteiger partial charge in [-0.05, 0) is 56.5 Å². The standard InChI is InChI=1S/C21H27NO4/c1-15(2)26-18-9-5-7-16(11-18)8-6-10-22-21(23)17-12-19(24-3)14-20(13-17)25-4/h5,7,9,11-15H,6,8,10H2,1-4H3,(H,22,23). The number of benzene rings is 2. The van der Waals surface area contributed by atoms with Gasteiger partial charge in [-0.25, -0.2) is 0 Å². The zero-order chi connectivity index (χ0) is 18.9. The van der Waals surface area contributed by atoms with Crippen LogP contribution in [0.5, 0.6) is 17.2 Å². The van der Waals surface area contributed by atoms with E-state index in [1.165, 1.54) is 5.56 Å². The number of hydrogen-bond donors (Lipinski definition) is 1. The Morgan fingerprint density at radius 3 is 2.31 bits per heavy atom. The van der Waals surface area contributed by atoms with Crippen molar-refractivity contribution in [3.8, 4) is 17.2 Å². The maximum atomic E-state index is 12.3. The van der Waals surface area contributed by atoms with E-state index in [1.807, 2.05) is 26.0 Å². The van der Waals surface area contributed by atoms with Gasteiger partial charge >= 0.3 is 0 Å². The second kappa shape index (κ2) is 9.70. The van der Waals surface area contributed by atoms with Crippen LogP contribution in [0.15, 0.2) is 42.5 Å². The molecule has 5 heteroatoms. The SMILES string of the molecule is COc1cc(OC)cc(C(=O)NCCCc2cccc(OC(C)C)c2)c1. The molecule has 0 fully saturated rings. The minimum absolute atomic E-state index is 0.140. The second-order valence-electron chi connectivity index (χ2n) is 6.27. The third-order valence-electron chi connectivity index (χ3n) is 3.81. The number of rotatable bonds is 9. The Labute approximate surface area is 155 Å².